The molecule has 0 unspecified atom stereocenters. The van der Waals surface area contributed by atoms with Gasteiger partial charge >= 0.3 is 6.03 Å². The number of hydrogen-bond donors (Lipinski definition) is 2. The summed E-state index contributed by atoms with van der Waals surface area (Å²) in [6, 6.07) is 14.0. The number of benzene rings is 2. The van der Waals surface area contributed by atoms with Gasteiger partial charge in [0.1, 0.15) is 5.75 Å². The molecular weight excluding hydrogens is 382 g/mol. The minimum absolute atomic E-state index is 0.113. The number of carbonyl (C=O) groups is 1. The molecule has 1 fully saturated rings. The van der Waals surface area contributed by atoms with Crippen LogP contribution in [0.5, 0.6) is 17.2 Å². The predicted octanol–water partition coefficient (Wildman–Crippen LogP) is 3.22. The van der Waals surface area contributed by atoms with Gasteiger partial charge in [-0.05, 0) is 61.2 Å². The van der Waals surface area contributed by atoms with Crippen molar-refractivity contribution in [3.8, 4) is 17.2 Å². The molecule has 1 aliphatic rings. The van der Waals surface area contributed by atoms with E-state index < -0.39 is 0 Å². The second-order valence-electron chi connectivity index (χ2n) is 7.30. The average Bonchev–Trinajstić information content (AvgIpc) is 2.79. The zero-order valence-electron chi connectivity index (χ0n) is 17.9. The van der Waals surface area contributed by atoms with Crippen molar-refractivity contribution in [1.29, 1.82) is 0 Å². The summed E-state index contributed by atoms with van der Waals surface area (Å²) in [4.78, 5) is 14.6. The zero-order chi connectivity index (χ0) is 21.3. The summed E-state index contributed by atoms with van der Waals surface area (Å²) in [5.74, 6) is 2.26. The Kier molecular flexibility index (Phi) is 7.65. The quantitative estimate of drug-likeness (QED) is 0.695. The van der Waals surface area contributed by atoms with E-state index in [-0.39, 0.29) is 12.1 Å². The normalized spacial score (nSPS) is 14.2. The Morgan fingerprint density at radius 1 is 0.967 bits per heavy atom. The first-order valence-electron chi connectivity index (χ1n) is 10.3. The number of rotatable bonds is 8. The van der Waals surface area contributed by atoms with Crippen LogP contribution in [0.2, 0.25) is 0 Å². The van der Waals surface area contributed by atoms with Gasteiger partial charge in [-0.15, -0.1) is 0 Å². The SMILES string of the molecule is COc1ccc(N2CCC(NC(=O)NCCc3ccc(OC)c(OC)c3)CC2)cc1. The van der Waals surface area contributed by atoms with Gasteiger partial charge in [0.05, 0.1) is 21.3 Å². The van der Waals surface area contributed by atoms with Crippen molar-refractivity contribution >= 4 is 11.7 Å². The van der Waals surface area contributed by atoms with Crippen LogP contribution >= 0.6 is 0 Å². The largest absolute Gasteiger partial charge is 0.497 e. The highest BCUT2D eigenvalue weighted by Crippen LogP contribution is 2.27. The first-order valence-corrected chi connectivity index (χ1v) is 10.3. The van der Waals surface area contributed by atoms with Crippen LogP contribution in [0.3, 0.4) is 0 Å². The summed E-state index contributed by atoms with van der Waals surface area (Å²) in [6.07, 6.45) is 2.58. The monoisotopic (exact) mass is 413 g/mol. The highest BCUT2D eigenvalue weighted by atomic mass is 16.5. The molecule has 0 radical (unpaired) electrons. The van der Waals surface area contributed by atoms with Gasteiger partial charge in [0.15, 0.2) is 11.5 Å². The molecule has 0 atom stereocenters. The molecule has 1 saturated heterocycles. The van der Waals surface area contributed by atoms with E-state index in [4.69, 9.17) is 14.2 Å². The maximum absolute atomic E-state index is 12.3. The highest BCUT2D eigenvalue weighted by Gasteiger charge is 2.20. The topological polar surface area (TPSA) is 72.1 Å². The number of methoxy groups -OCH3 is 3. The molecule has 162 valence electrons. The van der Waals surface area contributed by atoms with Crippen LogP contribution in [0, 0.1) is 0 Å². The highest BCUT2D eigenvalue weighted by molar-refractivity contribution is 5.74. The number of nitrogens with zero attached hydrogens (tertiary/aromatic N) is 1. The van der Waals surface area contributed by atoms with E-state index in [0.29, 0.717) is 18.0 Å². The summed E-state index contributed by atoms with van der Waals surface area (Å²) >= 11 is 0. The first-order chi connectivity index (χ1) is 14.6. The van der Waals surface area contributed by atoms with Gasteiger partial charge in [-0.3, -0.25) is 0 Å². The van der Waals surface area contributed by atoms with E-state index in [9.17, 15) is 4.79 Å². The van der Waals surface area contributed by atoms with Crippen LogP contribution in [0.25, 0.3) is 0 Å². The third kappa shape index (κ3) is 5.72. The lowest BCUT2D eigenvalue weighted by Gasteiger charge is -2.34. The summed E-state index contributed by atoms with van der Waals surface area (Å²) in [6.45, 7) is 2.40. The molecule has 2 aromatic carbocycles. The smallest absolute Gasteiger partial charge is 0.315 e. The molecule has 2 aromatic rings. The molecule has 2 amide bonds. The fraction of sp³-hybridized carbons (Fsp3) is 0.435. The van der Waals surface area contributed by atoms with Crippen molar-refractivity contribution in [3.63, 3.8) is 0 Å². The standard InChI is InChI=1S/C23H31N3O4/c1-28-20-7-5-19(6-8-20)26-14-11-18(12-15-26)25-23(27)24-13-10-17-4-9-21(29-2)22(16-17)30-3/h4-9,16,18H,10-15H2,1-3H3,(H2,24,25,27). The molecule has 0 aromatic heterocycles. The van der Waals surface area contributed by atoms with E-state index in [2.05, 4.69) is 27.7 Å². The second-order valence-corrected chi connectivity index (χ2v) is 7.30. The van der Waals surface area contributed by atoms with Crippen LogP contribution in [-0.4, -0.2) is 53.0 Å². The van der Waals surface area contributed by atoms with Crippen molar-refractivity contribution < 1.29 is 19.0 Å². The molecule has 7 heteroatoms. The van der Waals surface area contributed by atoms with Crippen LogP contribution < -0.4 is 29.7 Å². The Balaban J connectivity index is 1.38. The minimum Gasteiger partial charge on any atom is -0.497 e. The van der Waals surface area contributed by atoms with Crippen molar-refractivity contribution in [2.45, 2.75) is 25.3 Å². The number of nitrogens with one attached hydrogen (secondary N) is 2. The van der Waals surface area contributed by atoms with Crippen LogP contribution in [-0.2, 0) is 6.42 Å². The van der Waals surface area contributed by atoms with Gasteiger partial charge in [-0.2, -0.15) is 0 Å². The minimum atomic E-state index is -0.113. The van der Waals surface area contributed by atoms with Crippen LogP contribution in [0.1, 0.15) is 18.4 Å². The molecule has 0 bridgehead atoms. The van der Waals surface area contributed by atoms with E-state index in [1.165, 1.54) is 5.69 Å². The van der Waals surface area contributed by atoms with Gasteiger partial charge < -0.3 is 29.7 Å². The van der Waals surface area contributed by atoms with Crippen molar-refractivity contribution in [1.82, 2.24) is 10.6 Å². The number of hydrogen-bond acceptors (Lipinski definition) is 5. The number of ether oxygens (including phenoxy) is 3. The fourth-order valence-corrected chi connectivity index (χ4v) is 3.67. The number of anilines is 1. The Hall–Kier alpha value is -3.09. The average molecular weight is 414 g/mol. The van der Waals surface area contributed by atoms with Gasteiger partial charge in [0.2, 0.25) is 0 Å². The van der Waals surface area contributed by atoms with E-state index >= 15 is 0 Å². The molecule has 30 heavy (non-hydrogen) atoms. The predicted molar refractivity (Wildman–Crippen MR) is 118 cm³/mol. The lowest BCUT2D eigenvalue weighted by Crippen LogP contribution is -2.48. The Morgan fingerprint density at radius 3 is 2.30 bits per heavy atom. The lowest BCUT2D eigenvalue weighted by molar-refractivity contribution is 0.234. The van der Waals surface area contributed by atoms with E-state index in [0.717, 1.165) is 43.7 Å². The van der Waals surface area contributed by atoms with Crippen molar-refractivity contribution in [2.75, 3.05) is 45.9 Å². The number of piperidine rings is 1. The third-order valence-corrected chi connectivity index (χ3v) is 5.41. The van der Waals surface area contributed by atoms with Crippen LogP contribution in [0.15, 0.2) is 42.5 Å². The summed E-state index contributed by atoms with van der Waals surface area (Å²) in [5.41, 5.74) is 2.27. The molecule has 2 N–H and O–H groups in total. The fourth-order valence-electron chi connectivity index (χ4n) is 3.67. The third-order valence-electron chi connectivity index (χ3n) is 5.41. The zero-order valence-corrected chi connectivity index (χ0v) is 17.9. The maximum atomic E-state index is 12.3. The Bertz CT molecular complexity index is 818. The van der Waals surface area contributed by atoms with Gasteiger partial charge in [0.25, 0.3) is 0 Å². The first kappa shape index (κ1) is 21.6. The lowest BCUT2D eigenvalue weighted by atomic mass is 10.0. The Labute approximate surface area is 178 Å². The Morgan fingerprint density at radius 2 is 1.67 bits per heavy atom. The molecule has 0 aliphatic carbocycles. The molecule has 0 saturated carbocycles. The molecule has 1 heterocycles. The summed E-state index contributed by atoms with van der Waals surface area (Å²) in [7, 11) is 4.91. The molecule has 0 spiro atoms. The van der Waals surface area contributed by atoms with Crippen molar-refractivity contribution in [3.05, 3.63) is 48.0 Å². The second kappa shape index (κ2) is 10.6. The van der Waals surface area contributed by atoms with E-state index in [1.807, 2.05) is 30.3 Å². The molecule has 1 aliphatic heterocycles. The van der Waals surface area contributed by atoms with Gasteiger partial charge in [-0.25, -0.2) is 4.79 Å². The molecule has 7 nitrogen and oxygen atoms in total. The summed E-state index contributed by atoms with van der Waals surface area (Å²) < 4.78 is 15.8. The number of carbonyl (C=O) groups excluding carboxylic acids is 1. The number of urea groups is 1. The molecular formula is C23H31N3O4. The molecule has 3 rings (SSSR count). The van der Waals surface area contributed by atoms with Gasteiger partial charge in [-0.1, -0.05) is 6.07 Å². The van der Waals surface area contributed by atoms with Crippen molar-refractivity contribution in [2.24, 2.45) is 0 Å². The number of amides is 2. The summed E-state index contributed by atoms with van der Waals surface area (Å²) in [5, 5.41) is 6.05. The van der Waals surface area contributed by atoms with E-state index in [1.54, 1.807) is 21.3 Å². The van der Waals surface area contributed by atoms with Crippen LogP contribution in [0.4, 0.5) is 10.5 Å². The van der Waals surface area contributed by atoms with Gasteiger partial charge in [0, 0.05) is 31.4 Å². The maximum Gasteiger partial charge on any atom is 0.315 e.